The van der Waals surface area contributed by atoms with Gasteiger partial charge in [0.2, 0.25) is 11.8 Å². The maximum Gasteiger partial charge on any atom is 0.231 e. The third kappa shape index (κ3) is 6.05. The van der Waals surface area contributed by atoms with E-state index in [0.717, 1.165) is 40.3 Å². The second-order valence-corrected chi connectivity index (χ2v) is 8.94. The lowest BCUT2D eigenvalue weighted by molar-refractivity contribution is -0.118. The van der Waals surface area contributed by atoms with Crippen LogP contribution in [0.2, 0.25) is 0 Å². The quantitative estimate of drug-likeness (QED) is 0.343. The van der Waals surface area contributed by atoms with E-state index in [1.54, 1.807) is 16.2 Å². The molecule has 4 rings (SSSR count). The summed E-state index contributed by atoms with van der Waals surface area (Å²) >= 11 is 1.69. The van der Waals surface area contributed by atoms with Crippen LogP contribution in [-0.2, 0) is 22.4 Å². The van der Waals surface area contributed by atoms with Crippen molar-refractivity contribution in [2.24, 2.45) is 0 Å². The minimum Gasteiger partial charge on any atom is -0.326 e. The van der Waals surface area contributed by atoms with Gasteiger partial charge in [-0.15, -0.1) is 11.3 Å². The zero-order valence-electron chi connectivity index (χ0n) is 18.7. The molecule has 4 aromatic rings. The number of anilines is 2. The van der Waals surface area contributed by atoms with E-state index in [2.05, 4.69) is 16.4 Å². The molecule has 0 saturated heterocycles. The number of amides is 2. The molecule has 33 heavy (non-hydrogen) atoms. The van der Waals surface area contributed by atoms with Gasteiger partial charge in [0.1, 0.15) is 0 Å². The van der Waals surface area contributed by atoms with E-state index >= 15 is 0 Å². The normalized spacial score (nSPS) is 10.8. The van der Waals surface area contributed by atoms with Crippen LogP contribution in [0.1, 0.15) is 30.3 Å². The van der Waals surface area contributed by atoms with Crippen LogP contribution in [0.25, 0.3) is 10.2 Å². The van der Waals surface area contributed by atoms with Gasteiger partial charge in [0, 0.05) is 24.3 Å². The Labute approximate surface area is 198 Å². The molecule has 1 aromatic heterocycles. The molecule has 1 heterocycles. The lowest BCUT2D eigenvalue weighted by atomic mass is 10.1. The average Bonchev–Trinajstić information content (AvgIpc) is 3.24. The van der Waals surface area contributed by atoms with E-state index in [1.165, 1.54) is 4.70 Å². The van der Waals surface area contributed by atoms with Crippen molar-refractivity contribution >= 4 is 44.7 Å². The van der Waals surface area contributed by atoms with Crippen LogP contribution in [0.15, 0.2) is 78.9 Å². The highest BCUT2D eigenvalue weighted by atomic mass is 32.1. The van der Waals surface area contributed by atoms with Crippen molar-refractivity contribution in [2.75, 3.05) is 16.8 Å². The zero-order chi connectivity index (χ0) is 23.0. The fourth-order valence-electron chi connectivity index (χ4n) is 3.74. The van der Waals surface area contributed by atoms with Gasteiger partial charge in [0.25, 0.3) is 0 Å². The highest BCUT2D eigenvalue weighted by Gasteiger charge is 2.14. The number of thiazole rings is 1. The van der Waals surface area contributed by atoms with Crippen LogP contribution < -0.4 is 10.2 Å². The molecule has 3 aromatic carbocycles. The summed E-state index contributed by atoms with van der Waals surface area (Å²) in [4.78, 5) is 31.5. The summed E-state index contributed by atoms with van der Waals surface area (Å²) < 4.78 is 1.18. The van der Waals surface area contributed by atoms with E-state index in [-0.39, 0.29) is 11.8 Å². The average molecular weight is 458 g/mol. The number of nitrogens with zero attached hydrogens (tertiary/aromatic N) is 2. The lowest BCUT2D eigenvalue weighted by Crippen LogP contribution is -2.31. The van der Waals surface area contributed by atoms with E-state index in [9.17, 15) is 9.59 Å². The second-order valence-electron chi connectivity index (χ2n) is 7.82. The van der Waals surface area contributed by atoms with Gasteiger partial charge in [-0.05, 0) is 61.7 Å². The van der Waals surface area contributed by atoms with Crippen molar-refractivity contribution < 1.29 is 9.59 Å². The number of likely N-dealkylation sites (N-methyl/N-ethyl adjacent to an activating group) is 1. The van der Waals surface area contributed by atoms with E-state index < -0.39 is 0 Å². The number of aryl methyl sites for hydroxylation is 1. The lowest BCUT2D eigenvalue weighted by Gasteiger charge is -2.21. The first-order chi connectivity index (χ1) is 16.1. The minimum absolute atomic E-state index is 0.0128. The zero-order valence-corrected chi connectivity index (χ0v) is 19.5. The first-order valence-corrected chi connectivity index (χ1v) is 12.0. The molecular weight excluding hydrogens is 430 g/mol. The van der Waals surface area contributed by atoms with Crippen LogP contribution in [-0.4, -0.2) is 23.3 Å². The molecule has 1 N–H and O–H groups in total. The molecule has 5 nitrogen and oxygen atoms in total. The van der Waals surface area contributed by atoms with Gasteiger partial charge in [-0.2, -0.15) is 0 Å². The number of hydrogen-bond donors (Lipinski definition) is 1. The van der Waals surface area contributed by atoms with Gasteiger partial charge in [-0.1, -0.05) is 42.5 Å². The molecule has 2 amide bonds. The topological polar surface area (TPSA) is 62.3 Å². The Kier molecular flexibility index (Phi) is 7.47. The largest absolute Gasteiger partial charge is 0.326 e. The minimum atomic E-state index is -0.0128. The Morgan fingerprint density at radius 3 is 2.39 bits per heavy atom. The fourth-order valence-corrected chi connectivity index (χ4v) is 4.75. The number of para-hydroxylation sites is 2. The summed E-state index contributed by atoms with van der Waals surface area (Å²) in [5.74, 6) is 0.0384. The maximum absolute atomic E-state index is 12.8. The molecule has 0 aliphatic heterocycles. The van der Waals surface area contributed by atoms with Gasteiger partial charge >= 0.3 is 0 Å². The molecule has 0 bridgehead atoms. The van der Waals surface area contributed by atoms with E-state index in [1.807, 2.05) is 79.7 Å². The molecule has 6 heteroatoms. The summed E-state index contributed by atoms with van der Waals surface area (Å²) in [6.45, 7) is 2.59. The highest BCUT2D eigenvalue weighted by molar-refractivity contribution is 7.18. The van der Waals surface area contributed by atoms with E-state index in [0.29, 0.717) is 19.4 Å². The number of carbonyl (C=O) groups is 2. The van der Waals surface area contributed by atoms with Gasteiger partial charge in [-0.3, -0.25) is 9.59 Å². The maximum atomic E-state index is 12.8. The van der Waals surface area contributed by atoms with Crippen molar-refractivity contribution in [1.82, 2.24) is 4.98 Å². The molecule has 0 saturated carbocycles. The summed E-state index contributed by atoms with van der Waals surface area (Å²) in [7, 11) is 0. The van der Waals surface area contributed by atoms with Crippen LogP contribution in [0.3, 0.4) is 0 Å². The monoisotopic (exact) mass is 457 g/mol. The SMILES string of the molecule is CCN(C(=O)Cc1ccc(NC(=O)CCCc2nc3ccccc3s2)cc1)c1ccccc1. The summed E-state index contributed by atoms with van der Waals surface area (Å²) in [6.07, 6.45) is 2.31. The van der Waals surface area contributed by atoms with E-state index in [4.69, 9.17) is 0 Å². The Bertz CT molecular complexity index is 1190. The summed E-state index contributed by atoms with van der Waals surface area (Å²) in [5, 5.41) is 4.01. The van der Waals surface area contributed by atoms with Gasteiger partial charge in [-0.25, -0.2) is 4.98 Å². The third-order valence-corrected chi connectivity index (χ3v) is 6.51. The van der Waals surface area contributed by atoms with Gasteiger partial charge in [0.05, 0.1) is 21.6 Å². The number of fused-ring (bicyclic) bond motifs is 1. The van der Waals surface area contributed by atoms with Gasteiger partial charge in [0.15, 0.2) is 0 Å². The number of carbonyl (C=O) groups excluding carboxylic acids is 2. The molecule has 0 spiro atoms. The predicted octanol–water partition coefficient (Wildman–Crippen LogP) is 5.85. The number of aromatic nitrogens is 1. The van der Waals surface area contributed by atoms with Crippen LogP contribution >= 0.6 is 11.3 Å². The molecule has 0 radical (unpaired) electrons. The predicted molar refractivity (Wildman–Crippen MR) is 136 cm³/mol. The summed E-state index contributed by atoms with van der Waals surface area (Å²) in [6, 6.07) is 25.3. The van der Waals surface area contributed by atoms with Crippen LogP contribution in [0, 0.1) is 0 Å². The number of hydrogen-bond acceptors (Lipinski definition) is 4. The number of benzene rings is 3. The van der Waals surface area contributed by atoms with Crippen molar-refractivity contribution in [3.05, 3.63) is 89.4 Å². The molecule has 0 atom stereocenters. The molecule has 0 fully saturated rings. The number of nitrogens with one attached hydrogen (secondary N) is 1. The Hall–Kier alpha value is -3.51. The first-order valence-electron chi connectivity index (χ1n) is 11.2. The van der Waals surface area contributed by atoms with Crippen molar-refractivity contribution in [3.8, 4) is 0 Å². The second kappa shape index (κ2) is 10.9. The standard InChI is InChI=1S/C27H27N3O2S/c1-2-30(22-9-4-3-5-10-22)27(32)19-20-15-17-21(18-16-20)28-25(31)13-8-14-26-29-23-11-6-7-12-24(23)33-26/h3-7,9-12,15-18H,2,8,13-14,19H2,1H3,(H,28,31). The Morgan fingerprint density at radius 1 is 0.939 bits per heavy atom. The van der Waals surface area contributed by atoms with Crippen molar-refractivity contribution in [3.63, 3.8) is 0 Å². The first kappa shape index (κ1) is 22.7. The Morgan fingerprint density at radius 2 is 1.67 bits per heavy atom. The molecule has 168 valence electrons. The molecule has 0 aliphatic rings. The van der Waals surface area contributed by atoms with Crippen molar-refractivity contribution in [1.29, 1.82) is 0 Å². The molecular formula is C27H27N3O2S. The van der Waals surface area contributed by atoms with Crippen LogP contribution in [0.4, 0.5) is 11.4 Å². The third-order valence-electron chi connectivity index (χ3n) is 5.41. The smallest absolute Gasteiger partial charge is 0.231 e. The Balaban J connectivity index is 1.25. The number of rotatable bonds is 9. The molecule has 0 aliphatic carbocycles. The van der Waals surface area contributed by atoms with Crippen LogP contribution in [0.5, 0.6) is 0 Å². The fraction of sp³-hybridized carbons (Fsp3) is 0.222. The molecule has 0 unspecified atom stereocenters. The highest BCUT2D eigenvalue weighted by Crippen LogP contribution is 2.23. The summed E-state index contributed by atoms with van der Waals surface area (Å²) in [5.41, 5.74) is 3.58. The van der Waals surface area contributed by atoms with Crippen molar-refractivity contribution in [2.45, 2.75) is 32.6 Å². The van der Waals surface area contributed by atoms with Gasteiger partial charge < -0.3 is 10.2 Å².